The molecule has 0 unspecified atom stereocenters. The third kappa shape index (κ3) is 2.35. The fraction of sp³-hybridized carbons (Fsp3) is 0.467. The second-order valence-electron chi connectivity index (χ2n) is 4.85. The Bertz CT molecular complexity index is 366. The van der Waals surface area contributed by atoms with Crippen molar-refractivity contribution in [3.05, 3.63) is 47.5 Å². The summed E-state index contributed by atoms with van der Waals surface area (Å²) in [5, 5.41) is 0. The largest absolute Gasteiger partial charge is 0.373 e. The minimum Gasteiger partial charge on any atom is -0.373 e. The molecule has 0 aromatic heterocycles. The predicted molar refractivity (Wildman–Crippen MR) is 67.5 cm³/mol. The van der Waals surface area contributed by atoms with Crippen molar-refractivity contribution in [2.75, 3.05) is 6.61 Å². The van der Waals surface area contributed by atoms with Gasteiger partial charge in [-0.15, -0.1) is 0 Å². The molecule has 16 heavy (non-hydrogen) atoms. The maximum absolute atomic E-state index is 5.95. The second-order valence-corrected chi connectivity index (χ2v) is 4.85. The first-order valence-corrected chi connectivity index (χ1v) is 6.02. The molecule has 0 fully saturated rings. The second kappa shape index (κ2) is 4.84. The van der Waals surface area contributed by atoms with Crippen LogP contribution in [0.1, 0.15) is 32.3 Å². The first-order chi connectivity index (χ1) is 7.68. The first kappa shape index (κ1) is 11.4. The minimum atomic E-state index is 0.311. The van der Waals surface area contributed by atoms with Crippen LogP contribution in [0.15, 0.2) is 42.0 Å². The lowest BCUT2D eigenvalue weighted by Gasteiger charge is -2.32. The molecule has 0 radical (unpaired) electrons. The Morgan fingerprint density at radius 1 is 1.25 bits per heavy atom. The van der Waals surface area contributed by atoms with Gasteiger partial charge in [0.1, 0.15) is 0 Å². The highest BCUT2D eigenvalue weighted by Gasteiger charge is 2.27. The molecule has 3 atom stereocenters. The zero-order chi connectivity index (χ0) is 11.5. The Labute approximate surface area is 98.1 Å². The van der Waals surface area contributed by atoms with Crippen molar-refractivity contribution in [2.24, 2.45) is 5.92 Å². The average molecular weight is 216 g/mol. The van der Waals surface area contributed by atoms with Crippen molar-refractivity contribution in [1.82, 2.24) is 0 Å². The van der Waals surface area contributed by atoms with Crippen LogP contribution in [0, 0.1) is 5.92 Å². The molecule has 1 aliphatic rings. The van der Waals surface area contributed by atoms with Crippen molar-refractivity contribution in [3.8, 4) is 0 Å². The van der Waals surface area contributed by atoms with E-state index in [1.54, 1.807) is 0 Å². The summed E-state index contributed by atoms with van der Waals surface area (Å²) in [6, 6.07) is 10.6. The van der Waals surface area contributed by atoms with Crippen molar-refractivity contribution < 1.29 is 4.74 Å². The van der Waals surface area contributed by atoms with E-state index >= 15 is 0 Å². The molecule has 2 rings (SSSR count). The standard InChI is InChI=1S/C15H20O/c1-11-9-12(2)15(16-10-11)13(3)14-7-5-4-6-8-14/h4-9,12-13,15H,10H2,1-3H3/t12-,13-,15+/m1/s1. The van der Waals surface area contributed by atoms with Crippen molar-refractivity contribution in [1.29, 1.82) is 0 Å². The van der Waals surface area contributed by atoms with E-state index in [0.717, 1.165) is 6.61 Å². The van der Waals surface area contributed by atoms with Crippen LogP contribution >= 0.6 is 0 Å². The first-order valence-electron chi connectivity index (χ1n) is 6.02. The Morgan fingerprint density at radius 3 is 2.56 bits per heavy atom. The SMILES string of the molecule is CC1=C[C@@H](C)[C@@H]([C@H](C)c2ccccc2)OC1. The Balaban J connectivity index is 2.14. The molecule has 0 bridgehead atoms. The van der Waals surface area contributed by atoms with Gasteiger partial charge in [-0.3, -0.25) is 0 Å². The van der Waals surface area contributed by atoms with Gasteiger partial charge in [0.25, 0.3) is 0 Å². The van der Waals surface area contributed by atoms with E-state index in [0.29, 0.717) is 17.9 Å². The molecule has 0 saturated heterocycles. The van der Waals surface area contributed by atoms with Crippen LogP contribution in [0.25, 0.3) is 0 Å². The highest BCUT2D eigenvalue weighted by molar-refractivity contribution is 5.21. The molecule has 1 aliphatic heterocycles. The molecule has 0 aliphatic carbocycles. The highest BCUT2D eigenvalue weighted by Crippen LogP contribution is 2.30. The van der Waals surface area contributed by atoms with Gasteiger partial charge in [-0.25, -0.2) is 0 Å². The lowest BCUT2D eigenvalue weighted by molar-refractivity contribution is 0.0171. The molecule has 0 saturated carbocycles. The quantitative estimate of drug-likeness (QED) is 0.684. The molecular formula is C15H20O. The van der Waals surface area contributed by atoms with Crippen LogP contribution in [0.2, 0.25) is 0 Å². The molecule has 0 spiro atoms. The number of benzene rings is 1. The highest BCUT2D eigenvalue weighted by atomic mass is 16.5. The van der Waals surface area contributed by atoms with E-state index in [2.05, 4.69) is 57.2 Å². The van der Waals surface area contributed by atoms with E-state index in [-0.39, 0.29) is 0 Å². The lowest BCUT2D eigenvalue weighted by atomic mass is 9.86. The monoisotopic (exact) mass is 216 g/mol. The molecule has 1 aromatic rings. The smallest absolute Gasteiger partial charge is 0.0705 e. The van der Waals surface area contributed by atoms with Gasteiger partial charge in [-0.2, -0.15) is 0 Å². The van der Waals surface area contributed by atoms with Gasteiger partial charge >= 0.3 is 0 Å². The Kier molecular flexibility index (Phi) is 3.45. The van der Waals surface area contributed by atoms with E-state index < -0.39 is 0 Å². The van der Waals surface area contributed by atoms with Gasteiger partial charge < -0.3 is 4.74 Å². The lowest BCUT2D eigenvalue weighted by Crippen LogP contribution is -2.30. The maximum atomic E-state index is 5.95. The summed E-state index contributed by atoms with van der Waals surface area (Å²) in [6.07, 6.45) is 2.65. The summed E-state index contributed by atoms with van der Waals surface area (Å²) in [5.74, 6) is 0.963. The van der Waals surface area contributed by atoms with Gasteiger partial charge in [-0.1, -0.05) is 55.8 Å². The van der Waals surface area contributed by atoms with E-state index in [1.807, 2.05) is 0 Å². The van der Waals surface area contributed by atoms with Crippen LogP contribution in [0.3, 0.4) is 0 Å². The van der Waals surface area contributed by atoms with Crippen LogP contribution in [0.4, 0.5) is 0 Å². The van der Waals surface area contributed by atoms with Gasteiger partial charge in [0.05, 0.1) is 12.7 Å². The van der Waals surface area contributed by atoms with E-state index in [4.69, 9.17) is 4.74 Å². The summed E-state index contributed by atoms with van der Waals surface area (Å²) >= 11 is 0. The van der Waals surface area contributed by atoms with Gasteiger partial charge in [0.15, 0.2) is 0 Å². The third-order valence-electron chi connectivity index (χ3n) is 3.39. The molecule has 1 aromatic carbocycles. The third-order valence-corrected chi connectivity index (χ3v) is 3.39. The fourth-order valence-corrected chi connectivity index (χ4v) is 2.52. The number of ether oxygens (including phenoxy) is 1. The molecule has 1 nitrogen and oxygen atoms in total. The van der Waals surface area contributed by atoms with E-state index in [1.165, 1.54) is 11.1 Å². The minimum absolute atomic E-state index is 0.311. The van der Waals surface area contributed by atoms with Crippen LogP contribution in [-0.4, -0.2) is 12.7 Å². The molecule has 1 heterocycles. The molecule has 1 heteroatoms. The zero-order valence-electron chi connectivity index (χ0n) is 10.3. The maximum Gasteiger partial charge on any atom is 0.0705 e. The van der Waals surface area contributed by atoms with Gasteiger partial charge in [-0.05, 0) is 12.5 Å². The molecular weight excluding hydrogens is 196 g/mol. The van der Waals surface area contributed by atoms with Gasteiger partial charge in [0, 0.05) is 11.8 Å². The molecule has 86 valence electrons. The van der Waals surface area contributed by atoms with Crippen LogP contribution < -0.4 is 0 Å². The van der Waals surface area contributed by atoms with Crippen molar-refractivity contribution >= 4 is 0 Å². The normalized spacial score (nSPS) is 27.3. The summed E-state index contributed by atoms with van der Waals surface area (Å²) in [6.45, 7) is 7.42. The average Bonchev–Trinajstić information content (AvgIpc) is 2.29. The number of rotatable bonds is 2. The Hall–Kier alpha value is -1.08. The summed E-state index contributed by atoms with van der Waals surface area (Å²) in [7, 11) is 0. The summed E-state index contributed by atoms with van der Waals surface area (Å²) < 4.78 is 5.95. The Morgan fingerprint density at radius 2 is 1.94 bits per heavy atom. The van der Waals surface area contributed by atoms with E-state index in [9.17, 15) is 0 Å². The van der Waals surface area contributed by atoms with Gasteiger partial charge in [0.2, 0.25) is 0 Å². The predicted octanol–water partition coefficient (Wildman–Crippen LogP) is 3.77. The fourth-order valence-electron chi connectivity index (χ4n) is 2.52. The molecule has 0 amide bonds. The number of hydrogen-bond acceptors (Lipinski definition) is 1. The zero-order valence-corrected chi connectivity index (χ0v) is 10.3. The van der Waals surface area contributed by atoms with Crippen molar-refractivity contribution in [2.45, 2.75) is 32.8 Å². The number of hydrogen-bond donors (Lipinski definition) is 0. The van der Waals surface area contributed by atoms with Crippen LogP contribution in [0.5, 0.6) is 0 Å². The molecule has 0 N–H and O–H groups in total. The summed E-state index contributed by atoms with van der Waals surface area (Å²) in [5.41, 5.74) is 2.72. The van der Waals surface area contributed by atoms with Crippen LogP contribution in [-0.2, 0) is 4.74 Å². The topological polar surface area (TPSA) is 9.23 Å². The van der Waals surface area contributed by atoms with Crippen molar-refractivity contribution in [3.63, 3.8) is 0 Å². The summed E-state index contributed by atoms with van der Waals surface area (Å²) in [4.78, 5) is 0.